The van der Waals surface area contributed by atoms with Crippen molar-refractivity contribution >= 4 is 11.1 Å². The first-order valence-electron chi connectivity index (χ1n) is 3.87. The van der Waals surface area contributed by atoms with E-state index in [0.717, 1.165) is 22.2 Å². The van der Waals surface area contributed by atoms with Crippen molar-refractivity contribution in [1.29, 1.82) is 0 Å². The molecule has 0 unspecified atom stereocenters. The molecule has 1 heterocycles. The molecule has 1 aromatic heterocycles. The van der Waals surface area contributed by atoms with Crippen LogP contribution in [0.15, 0.2) is 16.5 Å². The number of hydrogen-bond donors (Lipinski definition) is 0. The molecular weight excluding hydrogens is 150 g/mol. The molecular formula is C10H10NO. The molecule has 0 N–H and O–H groups in total. The number of benzene rings is 1. The van der Waals surface area contributed by atoms with E-state index in [4.69, 9.17) is 4.42 Å². The fourth-order valence-corrected chi connectivity index (χ4v) is 1.29. The average Bonchev–Trinajstić information content (AvgIpc) is 2.41. The van der Waals surface area contributed by atoms with Gasteiger partial charge in [0.1, 0.15) is 5.52 Å². The molecule has 0 saturated heterocycles. The van der Waals surface area contributed by atoms with Crippen LogP contribution in [-0.2, 0) is 0 Å². The summed E-state index contributed by atoms with van der Waals surface area (Å²) in [5.74, 6) is 0.698. The number of aromatic nitrogens is 1. The molecule has 2 aromatic rings. The predicted molar refractivity (Wildman–Crippen MR) is 47.9 cm³/mol. The van der Waals surface area contributed by atoms with Crippen LogP contribution in [0.1, 0.15) is 17.0 Å². The highest BCUT2D eigenvalue weighted by Crippen LogP contribution is 2.21. The summed E-state index contributed by atoms with van der Waals surface area (Å²) in [6.07, 6.45) is 0. The second-order valence-electron chi connectivity index (χ2n) is 2.95. The molecule has 61 valence electrons. The second-order valence-corrected chi connectivity index (χ2v) is 2.95. The van der Waals surface area contributed by atoms with Gasteiger partial charge in [-0.3, -0.25) is 0 Å². The first-order chi connectivity index (χ1) is 5.68. The summed E-state index contributed by atoms with van der Waals surface area (Å²) in [6, 6.07) is 3.95. The van der Waals surface area contributed by atoms with Gasteiger partial charge in [0.15, 0.2) is 11.5 Å². The van der Waals surface area contributed by atoms with Crippen LogP contribution in [0.25, 0.3) is 11.1 Å². The van der Waals surface area contributed by atoms with Gasteiger partial charge in [0.25, 0.3) is 0 Å². The van der Waals surface area contributed by atoms with Gasteiger partial charge >= 0.3 is 0 Å². The maximum atomic E-state index is 5.43. The van der Waals surface area contributed by atoms with Gasteiger partial charge in [0.2, 0.25) is 0 Å². The third kappa shape index (κ3) is 0.916. The Morgan fingerprint density at radius 3 is 2.75 bits per heavy atom. The maximum Gasteiger partial charge on any atom is 0.192 e. The molecule has 0 aliphatic rings. The van der Waals surface area contributed by atoms with E-state index in [0.29, 0.717) is 5.89 Å². The summed E-state index contributed by atoms with van der Waals surface area (Å²) in [4.78, 5) is 4.24. The lowest BCUT2D eigenvalue weighted by molar-refractivity contribution is 0.559. The van der Waals surface area contributed by atoms with E-state index in [1.54, 1.807) is 0 Å². The predicted octanol–water partition coefficient (Wildman–Crippen LogP) is 2.63. The Kier molecular flexibility index (Phi) is 1.43. The lowest BCUT2D eigenvalue weighted by Crippen LogP contribution is -1.78. The van der Waals surface area contributed by atoms with Gasteiger partial charge < -0.3 is 4.42 Å². The SMILES string of the molecule is [CH2]c1ccc(C)c2oc(C)nc12. The minimum Gasteiger partial charge on any atom is -0.441 e. The Morgan fingerprint density at radius 1 is 1.33 bits per heavy atom. The van der Waals surface area contributed by atoms with E-state index in [2.05, 4.69) is 11.9 Å². The van der Waals surface area contributed by atoms with Crippen LogP contribution in [0, 0.1) is 20.8 Å². The molecule has 12 heavy (non-hydrogen) atoms. The fourth-order valence-electron chi connectivity index (χ4n) is 1.29. The smallest absolute Gasteiger partial charge is 0.192 e. The monoisotopic (exact) mass is 160 g/mol. The fraction of sp³-hybridized carbons (Fsp3) is 0.200. The highest BCUT2D eigenvalue weighted by molar-refractivity contribution is 5.80. The van der Waals surface area contributed by atoms with Crippen molar-refractivity contribution in [3.63, 3.8) is 0 Å². The van der Waals surface area contributed by atoms with Gasteiger partial charge in [-0.05, 0) is 25.0 Å². The number of oxazole rings is 1. The van der Waals surface area contributed by atoms with Crippen LogP contribution in [0.3, 0.4) is 0 Å². The minimum atomic E-state index is 0.698. The van der Waals surface area contributed by atoms with Crippen molar-refractivity contribution < 1.29 is 4.42 Å². The van der Waals surface area contributed by atoms with E-state index in [9.17, 15) is 0 Å². The molecule has 1 aromatic carbocycles. The number of aryl methyl sites for hydroxylation is 2. The van der Waals surface area contributed by atoms with Crippen LogP contribution in [0.2, 0.25) is 0 Å². The topological polar surface area (TPSA) is 26.0 Å². The largest absolute Gasteiger partial charge is 0.441 e. The second kappa shape index (κ2) is 2.34. The van der Waals surface area contributed by atoms with Gasteiger partial charge in [0, 0.05) is 6.92 Å². The Morgan fingerprint density at radius 2 is 2.08 bits per heavy atom. The zero-order chi connectivity index (χ0) is 8.72. The van der Waals surface area contributed by atoms with Crippen LogP contribution >= 0.6 is 0 Å². The summed E-state index contributed by atoms with van der Waals surface area (Å²) < 4.78 is 5.43. The van der Waals surface area contributed by atoms with E-state index in [1.165, 1.54) is 0 Å². The normalized spacial score (nSPS) is 10.9. The maximum absolute atomic E-state index is 5.43. The number of nitrogens with zero attached hydrogens (tertiary/aromatic N) is 1. The molecule has 0 fully saturated rings. The van der Waals surface area contributed by atoms with Crippen molar-refractivity contribution in [2.45, 2.75) is 13.8 Å². The van der Waals surface area contributed by atoms with Gasteiger partial charge in [-0.1, -0.05) is 12.1 Å². The van der Waals surface area contributed by atoms with Crippen molar-refractivity contribution in [2.75, 3.05) is 0 Å². The first kappa shape index (κ1) is 7.35. The van der Waals surface area contributed by atoms with Crippen LogP contribution in [0.4, 0.5) is 0 Å². The summed E-state index contributed by atoms with van der Waals surface area (Å²) in [5.41, 5.74) is 3.78. The molecule has 0 aliphatic carbocycles. The van der Waals surface area contributed by atoms with Crippen LogP contribution < -0.4 is 0 Å². The highest BCUT2D eigenvalue weighted by atomic mass is 16.3. The quantitative estimate of drug-likeness (QED) is 0.592. The third-order valence-corrected chi connectivity index (χ3v) is 1.93. The molecule has 2 rings (SSSR count). The molecule has 0 aliphatic heterocycles. The summed E-state index contributed by atoms with van der Waals surface area (Å²) in [5, 5.41) is 0. The van der Waals surface area contributed by atoms with Gasteiger partial charge in [0.05, 0.1) is 0 Å². The minimum absolute atomic E-state index is 0.698. The molecule has 1 radical (unpaired) electrons. The van der Waals surface area contributed by atoms with E-state index in [1.807, 2.05) is 26.0 Å². The summed E-state index contributed by atoms with van der Waals surface area (Å²) >= 11 is 0. The number of fused-ring (bicyclic) bond motifs is 1. The molecule has 0 amide bonds. The standard InChI is InChI=1S/C10H10NO/c1-6-4-5-7(2)10-9(6)11-8(3)12-10/h4-5H,1H2,2-3H3. The highest BCUT2D eigenvalue weighted by Gasteiger charge is 2.06. The van der Waals surface area contributed by atoms with E-state index < -0.39 is 0 Å². The summed E-state index contributed by atoms with van der Waals surface area (Å²) in [6.45, 7) is 7.73. The van der Waals surface area contributed by atoms with Gasteiger partial charge in [-0.25, -0.2) is 4.98 Å². The lowest BCUT2D eigenvalue weighted by atomic mass is 10.1. The Bertz CT molecular complexity index is 390. The summed E-state index contributed by atoms with van der Waals surface area (Å²) in [7, 11) is 0. The molecule has 2 heteroatoms. The van der Waals surface area contributed by atoms with Crippen LogP contribution in [0.5, 0.6) is 0 Å². The Balaban J connectivity index is 2.93. The molecule has 0 saturated carbocycles. The first-order valence-corrected chi connectivity index (χ1v) is 3.87. The number of rotatable bonds is 0. The Labute approximate surface area is 71.2 Å². The van der Waals surface area contributed by atoms with E-state index in [-0.39, 0.29) is 0 Å². The van der Waals surface area contributed by atoms with Crippen molar-refractivity contribution in [3.05, 3.63) is 36.1 Å². The third-order valence-electron chi connectivity index (χ3n) is 1.93. The molecule has 2 nitrogen and oxygen atoms in total. The van der Waals surface area contributed by atoms with Crippen molar-refractivity contribution in [3.8, 4) is 0 Å². The molecule has 0 atom stereocenters. The van der Waals surface area contributed by atoms with E-state index >= 15 is 0 Å². The zero-order valence-corrected chi connectivity index (χ0v) is 7.22. The van der Waals surface area contributed by atoms with Crippen LogP contribution in [-0.4, -0.2) is 4.98 Å². The Hall–Kier alpha value is -1.31. The van der Waals surface area contributed by atoms with Gasteiger partial charge in [-0.15, -0.1) is 0 Å². The zero-order valence-electron chi connectivity index (χ0n) is 7.22. The molecule has 0 bridgehead atoms. The lowest BCUT2D eigenvalue weighted by Gasteiger charge is -1.94. The average molecular weight is 160 g/mol. The number of hydrogen-bond acceptors (Lipinski definition) is 2. The van der Waals surface area contributed by atoms with Crippen molar-refractivity contribution in [1.82, 2.24) is 4.98 Å². The van der Waals surface area contributed by atoms with Crippen molar-refractivity contribution in [2.24, 2.45) is 0 Å². The molecule has 0 spiro atoms. The van der Waals surface area contributed by atoms with Gasteiger partial charge in [-0.2, -0.15) is 0 Å².